The Labute approximate surface area is 136 Å². The van der Waals surface area contributed by atoms with Crippen molar-refractivity contribution in [1.82, 2.24) is 0 Å². The lowest BCUT2D eigenvalue weighted by Gasteiger charge is -2.43. The Bertz CT molecular complexity index is 758. The topological polar surface area (TPSA) is 86.5 Å². The van der Waals surface area contributed by atoms with E-state index < -0.39 is 10.3 Å². The van der Waals surface area contributed by atoms with Crippen molar-refractivity contribution in [3.05, 3.63) is 29.3 Å². The predicted octanol–water partition coefficient (Wildman–Crippen LogP) is 2.30. The summed E-state index contributed by atoms with van der Waals surface area (Å²) in [5.41, 5.74) is 2.47. The van der Waals surface area contributed by atoms with Crippen LogP contribution < -0.4 is 9.32 Å². The molecule has 2 N–H and O–H groups in total. The second-order valence-corrected chi connectivity index (χ2v) is 8.25. The van der Waals surface area contributed by atoms with Gasteiger partial charge in [-0.05, 0) is 73.1 Å². The Kier molecular flexibility index (Phi) is 3.50. The Balaban J connectivity index is 1.63. The summed E-state index contributed by atoms with van der Waals surface area (Å²) < 4.78 is 26.9. The molecule has 0 amide bonds. The number of Topliss-reactive ketones (excluding diaryl/α,β-unsaturated/α-hetero) is 1. The molecule has 0 heterocycles. The zero-order valence-electron chi connectivity index (χ0n) is 12.9. The molecule has 4 atom stereocenters. The number of benzene rings is 1. The van der Waals surface area contributed by atoms with Crippen LogP contribution in [0.4, 0.5) is 0 Å². The smallest absolute Gasteiger partial charge is 0.371 e. The molecule has 3 unspecified atom stereocenters. The van der Waals surface area contributed by atoms with Crippen molar-refractivity contribution in [1.29, 1.82) is 0 Å². The first-order valence-corrected chi connectivity index (χ1v) is 9.77. The van der Waals surface area contributed by atoms with Crippen LogP contribution in [-0.4, -0.2) is 14.2 Å². The Morgan fingerprint density at radius 2 is 1.70 bits per heavy atom. The van der Waals surface area contributed by atoms with Gasteiger partial charge in [0.2, 0.25) is 0 Å². The minimum Gasteiger partial charge on any atom is -0.371 e. The Morgan fingerprint density at radius 1 is 1.00 bits per heavy atom. The highest BCUT2D eigenvalue weighted by Gasteiger charge is 2.47. The summed E-state index contributed by atoms with van der Waals surface area (Å²) in [6.07, 6.45) is 5.85. The first-order valence-electron chi connectivity index (χ1n) is 8.30. The maximum Gasteiger partial charge on any atom is 0.380 e. The fraction of sp³-hybridized carbons (Fsp3) is 0.588. The number of rotatable bonds is 2. The van der Waals surface area contributed by atoms with Crippen LogP contribution in [0.2, 0.25) is 0 Å². The van der Waals surface area contributed by atoms with Gasteiger partial charge in [-0.25, -0.2) is 0 Å². The van der Waals surface area contributed by atoms with Crippen molar-refractivity contribution in [2.75, 3.05) is 0 Å². The van der Waals surface area contributed by atoms with E-state index in [1.807, 2.05) is 12.1 Å². The maximum atomic E-state index is 12.0. The number of ketones is 1. The maximum absolute atomic E-state index is 12.0. The number of carbonyl (C=O) groups excluding carboxylic acids is 1. The van der Waals surface area contributed by atoms with Crippen molar-refractivity contribution in [2.24, 2.45) is 22.9 Å². The first kappa shape index (κ1) is 15.1. The van der Waals surface area contributed by atoms with Crippen LogP contribution in [0.25, 0.3) is 0 Å². The van der Waals surface area contributed by atoms with E-state index in [9.17, 15) is 13.2 Å². The quantitative estimate of drug-likeness (QED) is 0.898. The summed E-state index contributed by atoms with van der Waals surface area (Å²) in [6, 6.07) is 5.49. The Morgan fingerprint density at radius 3 is 2.48 bits per heavy atom. The van der Waals surface area contributed by atoms with Gasteiger partial charge >= 0.3 is 10.3 Å². The average molecular weight is 335 g/mol. The average Bonchev–Trinajstić information content (AvgIpc) is 2.86. The van der Waals surface area contributed by atoms with Gasteiger partial charge in [-0.2, -0.15) is 13.6 Å². The number of carbonyl (C=O) groups is 1. The second-order valence-electron chi connectivity index (χ2n) is 7.10. The third-order valence-corrected chi connectivity index (χ3v) is 6.41. The van der Waals surface area contributed by atoms with Crippen molar-refractivity contribution in [2.45, 2.75) is 44.4 Å². The predicted molar refractivity (Wildman–Crippen MR) is 85.2 cm³/mol. The van der Waals surface area contributed by atoms with Crippen LogP contribution in [0.1, 0.15) is 49.1 Å². The van der Waals surface area contributed by atoms with E-state index in [0.717, 1.165) is 44.1 Å². The van der Waals surface area contributed by atoms with Crippen LogP contribution >= 0.6 is 0 Å². The minimum absolute atomic E-state index is 0.287. The third-order valence-electron chi connectivity index (χ3n) is 5.98. The molecule has 5 nitrogen and oxygen atoms in total. The number of aryl methyl sites for hydroxylation is 1. The van der Waals surface area contributed by atoms with E-state index in [1.165, 1.54) is 5.56 Å². The second kappa shape index (κ2) is 5.31. The number of fused-ring (bicyclic) bond motifs is 5. The van der Waals surface area contributed by atoms with Gasteiger partial charge in [-0.15, -0.1) is 0 Å². The molecule has 124 valence electrons. The highest BCUT2D eigenvalue weighted by atomic mass is 32.2. The highest BCUT2D eigenvalue weighted by molar-refractivity contribution is 7.84. The minimum atomic E-state index is -3.98. The lowest BCUT2D eigenvalue weighted by Crippen LogP contribution is -2.35. The molecule has 0 saturated heterocycles. The van der Waals surface area contributed by atoms with E-state index in [0.29, 0.717) is 29.5 Å². The SMILES string of the molecule is NS(=O)(=O)Oc1ccc2c(c1)CCC1C2CC[C@@H]2C(=O)CCC12. The molecule has 23 heavy (non-hydrogen) atoms. The van der Waals surface area contributed by atoms with Crippen LogP contribution in [0, 0.1) is 17.8 Å². The first-order chi connectivity index (χ1) is 10.9. The van der Waals surface area contributed by atoms with E-state index in [1.54, 1.807) is 6.07 Å². The molecule has 1 aromatic rings. The van der Waals surface area contributed by atoms with Crippen molar-refractivity contribution in [3.8, 4) is 5.75 Å². The van der Waals surface area contributed by atoms with Crippen LogP contribution in [-0.2, 0) is 21.5 Å². The van der Waals surface area contributed by atoms with E-state index in [2.05, 4.69) is 0 Å². The molecular formula is C17H21NO4S. The van der Waals surface area contributed by atoms with Crippen molar-refractivity contribution in [3.63, 3.8) is 0 Å². The van der Waals surface area contributed by atoms with Crippen molar-refractivity contribution >= 4 is 16.1 Å². The monoisotopic (exact) mass is 335 g/mol. The fourth-order valence-electron chi connectivity index (χ4n) is 5.16. The zero-order valence-corrected chi connectivity index (χ0v) is 13.7. The highest BCUT2D eigenvalue weighted by Crippen LogP contribution is 2.54. The fourth-order valence-corrected chi connectivity index (χ4v) is 5.54. The van der Waals surface area contributed by atoms with Gasteiger partial charge in [0.05, 0.1) is 0 Å². The van der Waals surface area contributed by atoms with E-state index in [-0.39, 0.29) is 5.75 Å². The van der Waals surface area contributed by atoms with Crippen molar-refractivity contribution < 1.29 is 17.4 Å². The normalized spacial score (nSPS) is 32.8. The molecule has 6 heteroatoms. The molecule has 2 fully saturated rings. The molecular weight excluding hydrogens is 314 g/mol. The molecule has 0 radical (unpaired) electrons. The van der Waals surface area contributed by atoms with Gasteiger partial charge in [-0.3, -0.25) is 4.79 Å². The molecule has 1 aromatic carbocycles. The molecule has 0 bridgehead atoms. The summed E-state index contributed by atoms with van der Waals surface area (Å²) in [6.45, 7) is 0. The number of nitrogens with two attached hydrogens (primary N) is 1. The van der Waals surface area contributed by atoms with Gasteiger partial charge in [0.15, 0.2) is 0 Å². The van der Waals surface area contributed by atoms with Gasteiger partial charge in [0, 0.05) is 12.3 Å². The van der Waals surface area contributed by atoms with Gasteiger partial charge in [0.25, 0.3) is 0 Å². The Hall–Kier alpha value is -1.40. The summed E-state index contributed by atoms with van der Waals surface area (Å²) >= 11 is 0. The molecule has 3 aliphatic rings. The molecule has 4 rings (SSSR count). The standard InChI is InChI=1S/C17H21NO4S/c18-23(20,21)22-11-2-4-12-10(9-11)1-3-14-13(12)5-6-16-15(14)7-8-17(16)19/h2,4,9,13-16H,1,3,5-8H2,(H2,18,20,21)/t13?,14?,15?,16-/m0/s1. The molecule has 3 aliphatic carbocycles. The van der Waals surface area contributed by atoms with Crippen LogP contribution in [0.5, 0.6) is 5.75 Å². The van der Waals surface area contributed by atoms with Gasteiger partial charge in [0.1, 0.15) is 11.5 Å². The number of hydrogen-bond acceptors (Lipinski definition) is 4. The molecule has 2 saturated carbocycles. The van der Waals surface area contributed by atoms with E-state index in [4.69, 9.17) is 9.32 Å². The third kappa shape index (κ3) is 2.68. The molecule has 0 spiro atoms. The van der Waals surface area contributed by atoms with Crippen LogP contribution in [0.15, 0.2) is 18.2 Å². The summed E-state index contributed by atoms with van der Waals surface area (Å²) in [5, 5.41) is 4.94. The summed E-state index contributed by atoms with van der Waals surface area (Å²) in [5.74, 6) is 2.69. The lowest BCUT2D eigenvalue weighted by molar-refractivity contribution is -0.122. The van der Waals surface area contributed by atoms with Gasteiger partial charge in [-0.1, -0.05) is 6.07 Å². The van der Waals surface area contributed by atoms with Gasteiger partial charge < -0.3 is 4.18 Å². The van der Waals surface area contributed by atoms with Crippen LogP contribution in [0.3, 0.4) is 0 Å². The summed E-state index contributed by atoms with van der Waals surface area (Å²) in [7, 11) is -3.98. The number of hydrogen-bond donors (Lipinski definition) is 1. The molecule has 0 aliphatic heterocycles. The largest absolute Gasteiger partial charge is 0.380 e. The van der Waals surface area contributed by atoms with E-state index >= 15 is 0 Å². The zero-order chi connectivity index (χ0) is 16.2. The lowest BCUT2D eigenvalue weighted by atomic mass is 9.61. The summed E-state index contributed by atoms with van der Waals surface area (Å²) in [4.78, 5) is 12.0. The molecule has 0 aromatic heterocycles.